The third-order valence-electron chi connectivity index (χ3n) is 2.25. The molecule has 0 aromatic heterocycles. The molecule has 0 radical (unpaired) electrons. The van der Waals surface area contributed by atoms with Gasteiger partial charge in [0.25, 0.3) is 0 Å². The molecule has 0 aliphatic heterocycles. The number of anilines is 1. The normalized spacial score (nSPS) is 11.6. The van der Waals surface area contributed by atoms with Crippen LogP contribution in [0.25, 0.3) is 0 Å². The van der Waals surface area contributed by atoms with E-state index in [2.05, 4.69) is 5.32 Å². The topological polar surface area (TPSA) is 73.1 Å². The van der Waals surface area contributed by atoms with Crippen LogP contribution in [0.15, 0.2) is 18.2 Å². The molecule has 0 aliphatic carbocycles. The van der Waals surface area contributed by atoms with Gasteiger partial charge in [-0.3, -0.25) is 4.79 Å². The SMILES string of the molecule is CSCC(C)C(=O)Nc1cc(C#N)ccc1O. The standard InChI is InChI=1S/C12H14N2O2S/c1-8(7-17-2)12(16)14-10-5-9(6-13)3-4-11(10)15/h3-5,8,15H,7H2,1-2H3,(H,14,16). The number of aromatic hydroxyl groups is 1. The van der Waals surface area contributed by atoms with Crippen LogP contribution >= 0.6 is 11.8 Å². The van der Waals surface area contributed by atoms with Crippen molar-refractivity contribution in [2.24, 2.45) is 5.92 Å². The van der Waals surface area contributed by atoms with Crippen molar-refractivity contribution in [3.63, 3.8) is 0 Å². The molecule has 0 saturated heterocycles. The van der Waals surface area contributed by atoms with Gasteiger partial charge in [-0.15, -0.1) is 0 Å². The number of amides is 1. The Morgan fingerprint density at radius 3 is 2.94 bits per heavy atom. The third-order valence-corrected chi connectivity index (χ3v) is 3.08. The molecule has 1 rings (SSSR count). The number of hydrogen-bond donors (Lipinski definition) is 2. The highest BCUT2D eigenvalue weighted by atomic mass is 32.2. The fourth-order valence-corrected chi connectivity index (χ4v) is 1.94. The molecule has 1 aromatic carbocycles. The smallest absolute Gasteiger partial charge is 0.228 e. The minimum absolute atomic E-state index is 0.0336. The summed E-state index contributed by atoms with van der Waals surface area (Å²) in [6, 6.07) is 6.31. The Kier molecular flexibility index (Phi) is 4.85. The molecule has 1 aromatic rings. The van der Waals surface area contributed by atoms with Crippen LogP contribution in [0.1, 0.15) is 12.5 Å². The Hall–Kier alpha value is -1.67. The van der Waals surface area contributed by atoms with Crippen LogP contribution in [0.3, 0.4) is 0 Å². The van der Waals surface area contributed by atoms with Crippen LogP contribution in [0.4, 0.5) is 5.69 Å². The third kappa shape index (κ3) is 3.68. The quantitative estimate of drug-likeness (QED) is 0.803. The van der Waals surface area contributed by atoms with E-state index in [0.717, 1.165) is 0 Å². The van der Waals surface area contributed by atoms with E-state index in [4.69, 9.17) is 5.26 Å². The van der Waals surface area contributed by atoms with E-state index in [0.29, 0.717) is 11.3 Å². The Bertz CT molecular complexity index is 454. The van der Waals surface area contributed by atoms with Crippen molar-refractivity contribution < 1.29 is 9.90 Å². The first-order valence-corrected chi connectivity index (χ1v) is 6.50. The maximum absolute atomic E-state index is 11.7. The molecule has 0 aliphatic rings. The monoisotopic (exact) mass is 250 g/mol. The molecule has 0 bridgehead atoms. The summed E-state index contributed by atoms with van der Waals surface area (Å²) in [6.45, 7) is 1.82. The van der Waals surface area contributed by atoms with Crippen molar-refractivity contribution in [2.75, 3.05) is 17.3 Å². The summed E-state index contributed by atoms with van der Waals surface area (Å²) in [5, 5.41) is 20.9. The van der Waals surface area contributed by atoms with Gasteiger partial charge in [0.05, 0.1) is 17.3 Å². The van der Waals surface area contributed by atoms with Crippen molar-refractivity contribution in [1.29, 1.82) is 5.26 Å². The number of nitriles is 1. The summed E-state index contributed by atoms with van der Waals surface area (Å²) in [4.78, 5) is 11.7. The lowest BCUT2D eigenvalue weighted by Crippen LogP contribution is -2.22. The summed E-state index contributed by atoms with van der Waals surface area (Å²) >= 11 is 1.58. The van der Waals surface area contributed by atoms with Crippen molar-refractivity contribution in [1.82, 2.24) is 0 Å². The lowest BCUT2D eigenvalue weighted by molar-refractivity contribution is -0.118. The summed E-state index contributed by atoms with van der Waals surface area (Å²) < 4.78 is 0. The molecule has 90 valence electrons. The number of carbonyl (C=O) groups is 1. The van der Waals surface area contributed by atoms with Crippen LogP contribution in [0.5, 0.6) is 5.75 Å². The van der Waals surface area contributed by atoms with Crippen molar-refractivity contribution >= 4 is 23.4 Å². The lowest BCUT2D eigenvalue weighted by Gasteiger charge is -2.12. The number of nitrogens with one attached hydrogen (secondary N) is 1. The summed E-state index contributed by atoms with van der Waals surface area (Å²) in [5.41, 5.74) is 0.678. The second-order valence-electron chi connectivity index (χ2n) is 3.69. The van der Waals surface area contributed by atoms with E-state index < -0.39 is 0 Å². The minimum Gasteiger partial charge on any atom is -0.506 e. The van der Waals surface area contributed by atoms with Gasteiger partial charge in [0.15, 0.2) is 0 Å². The van der Waals surface area contributed by atoms with Crippen molar-refractivity contribution in [3.05, 3.63) is 23.8 Å². The molecule has 1 unspecified atom stereocenters. The molecule has 0 saturated carbocycles. The van der Waals surface area contributed by atoms with Crippen LogP contribution < -0.4 is 5.32 Å². The highest BCUT2D eigenvalue weighted by Crippen LogP contribution is 2.24. The largest absolute Gasteiger partial charge is 0.506 e. The summed E-state index contributed by atoms with van der Waals surface area (Å²) in [5.74, 6) is 0.374. The Morgan fingerprint density at radius 1 is 1.65 bits per heavy atom. The molecular weight excluding hydrogens is 236 g/mol. The molecule has 17 heavy (non-hydrogen) atoms. The highest BCUT2D eigenvalue weighted by Gasteiger charge is 2.14. The number of phenols is 1. The number of carbonyl (C=O) groups excluding carboxylic acids is 1. The molecule has 0 heterocycles. The van der Waals surface area contributed by atoms with Gasteiger partial charge in [0.2, 0.25) is 5.91 Å². The molecule has 4 nitrogen and oxygen atoms in total. The zero-order chi connectivity index (χ0) is 12.8. The van der Waals surface area contributed by atoms with Crippen molar-refractivity contribution in [3.8, 4) is 11.8 Å². The van der Waals surface area contributed by atoms with E-state index in [1.165, 1.54) is 18.2 Å². The molecule has 1 amide bonds. The lowest BCUT2D eigenvalue weighted by atomic mass is 10.1. The average molecular weight is 250 g/mol. The maximum atomic E-state index is 11.7. The van der Waals surface area contributed by atoms with E-state index in [1.807, 2.05) is 19.2 Å². The van der Waals surface area contributed by atoms with E-state index in [1.54, 1.807) is 11.8 Å². The predicted molar refractivity (Wildman–Crippen MR) is 69.0 cm³/mol. The van der Waals surface area contributed by atoms with Crippen LogP contribution in [-0.4, -0.2) is 23.0 Å². The van der Waals surface area contributed by atoms with Gasteiger partial charge >= 0.3 is 0 Å². The predicted octanol–water partition coefficient (Wildman–Crippen LogP) is 2.20. The van der Waals surface area contributed by atoms with Crippen LogP contribution in [-0.2, 0) is 4.79 Å². The highest BCUT2D eigenvalue weighted by molar-refractivity contribution is 7.98. The number of rotatable bonds is 4. The summed E-state index contributed by atoms with van der Waals surface area (Å²) in [6.07, 6.45) is 1.93. The average Bonchev–Trinajstić information content (AvgIpc) is 2.32. The number of phenolic OH excluding ortho intramolecular Hbond substituents is 1. The second-order valence-corrected chi connectivity index (χ2v) is 4.60. The van der Waals surface area contributed by atoms with Gasteiger partial charge < -0.3 is 10.4 Å². The van der Waals surface area contributed by atoms with Gasteiger partial charge in [-0.1, -0.05) is 6.92 Å². The fourth-order valence-electron chi connectivity index (χ4n) is 1.29. The number of thioether (sulfide) groups is 1. The first-order chi connectivity index (χ1) is 8.08. The maximum Gasteiger partial charge on any atom is 0.228 e. The molecular formula is C12H14N2O2S. The number of hydrogen-bond acceptors (Lipinski definition) is 4. The number of nitrogens with zero attached hydrogens (tertiary/aromatic N) is 1. The van der Waals surface area contributed by atoms with E-state index in [9.17, 15) is 9.90 Å². The van der Waals surface area contributed by atoms with Gasteiger partial charge in [0.1, 0.15) is 5.75 Å². The summed E-state index contributed by atoms with van der Waals surface area (Å²) in [7, 11) is 0. The first-order valence-electron chi connectivity index (χ1n) is 5.11. The Balaban J connectivity index is 2.81. The molecule has 1 atom stereocenters. The second kappa shape index (κ2) is 6.16. The fraction of sp³-hybridized carbons (Fsp3) is 0.333. The molecule has 0 fully saturated rings. The zero-order valence-electron chi connectivity index (χ0n) is 9.73. The molecule has 0 spiro atoms. The Labute approximate surface area is 105 Å². The van der Waals surface area contributed by atoms with Crippen molar-refractivity contribution in [2.45, 2.75) is 6.92 Å². The van der Waals surface area contributed by atoms with E-state index in [-0.39, 0.29) is 23.3 Å². The van der Waals surface area contributed by atoms with Gasteiger partial charge in [0, 0.05) is 11.7 Å². The van der Waals surface area contributed by atoms with Gasteiger partial charge in [-0.05, 0) is 24.5 Å². The number of benzene rings is 1. The van der Waals surface area contributed by atoms with Crippen LogP contribution in [0.2, 0.25) is 0 Å². The van der Waals surface area contributed by atoms with Gasteiger partial charge in [-0.2, -0.15) is 17.0 Å². The molecule has 2 N–H and O–H groups in total. The van der Waals surface area contributed by atoms with E-state index >= 15 is 0 Å². The van der Waals surface area contributed by atoms with Gasteiger partial charge in [-0.25, -0.2) is 0 Å². The Morgan fingerprint density at radius 2 is 2.35 bits per heavy atom. The zero-order valence-corrected chi connectivity index (χ0v) is 10.5. The molecule has 5 heteroatoms. The van der Waals surface area contributed by atoms with Crippen LogP contribution in [0, 0.1) is 17.2 Å². The first kappa shape index (κ1) is 13.4. The minimum atomic E-state index is -0.162.